The van der Waals surface area contributed by atoms with Crippen LogP contribution in [0.25, 0.3) is 22.6 Å². The lowest BCUT2D eigenvalue weighted by Crippen LogP contribution is -2.24. The lowest BCUT2D eigenvalue weighted by molar-refractivity contribution is 0.0818. The van der Waals surface area contributed by atoms with Crippen molar-refractivity contribution in [3.05, 3.63) is 53.6 Å². The molecule has 0 N–H and O–H groups in total. The number of nitrogens with zero attached hydrogens (tertiary/aromatic N) is 2. The molecular weight excluding hydrogens is 290 g/mol. The van der Waals surface area contributed by atoms with Crippen LogP contribution in [-0.2, 0) is 0 Å². The van der Waals surface area contributed by atoms with E-state index in [1.165, 1.54) is 14.1 Å². The maximum Gasteiger partial charge on any atom is 0.259 e. The SMILES string of the molecule is CN(C)C(=O)c1c(F)cc(-c2nc3ccccc3o2)cc1F. The summed E-state index contributed by atoms with van der Waals surface area (Å²) in [5.41, 5.74) is 0.657. The normalized spacial score (nSPS) is 10.9. The molecule has 0 unspecified atom stereocenters. The highest BCUT2D eigenvalue weighted by molar-refractivity contribution is 5.95. The summed E-state index contributed by atoms with van der Waals surface area (Å²) >= 11 is 0. The number of halogens is 2. The van der Waals surface area contributed by atoms with Crippen LogP contribution in [0.1, 0.15) is 10.4 Å². The third-order valence-corrected chi connectivity index (χ3v) is 3.20. The Hall–Kier alpha value is -2.76. The minimum Gasteiger partial charge on any atom is -0.436 e. The van der Waals surface area contributed by atoms with Gasteiger partial charge in [0.05, 0.1) is 0 Å². The first kappa shape index (κ1) is 14.2. The monoisotopic (exact) mass is 302 g/mol. The molecule has 3 rings (SSSR count). The number of carbonyl (C=O) groups excluding carboxylic acids is 1. The Labute approximate surface area is 125 Å². The van der Waals surface area contributed by atoms with Crippen molar-refractivity contribution in [2.45, 2.75) is 0 Å². The predicted molar refractivity (Wildman–Crippen MR) is 77.4 cm³/mol. The molecule has 22 heavy (non-hydrogen) atoms. The van der Waals surface area contributed by atoms with Crippen molar-refractivity contribution in [3.63, 3.8) is 0 Å². The van der Waals surface area contributed by atoms with Gasteiger partial charge in [-0.3, -0.25) is 4.79 Å². The molecule has 4 nitrogen and oxygen atoms in total. The molecule has 0 aliphatic carbocycles. The summed E-state index contributed by atoms with van der Waals surface area (Å²) in [6, 6.07) is 9.10. The van der Waals surface area contributed by atoms with Crippen LogP contribution >= 0.6 is 0 Å². The zero-order valence-electron chi connectivity index (χ0n) is 11.9. The zero-order chi connectivity index (χ0) is 15.9. The molecule has 2 aromatic carbocycles. The fourth-order valence-corrected chi connectivity index (χ4v) is 2.12. The van der Waals surface area contributed by atoms with Gasteiger partial charge >= 0.3 is 0 Å². The number of rotatable bonds is 2. The van der Waals surface area contributed by atoms with Crippen molar-refractivity contribution < 1.29 is 18.0 Å². The lowest BCUT2D eigenvalue weighted by atomic mass is 10.1. The van der Waals surface area contributed by atoms with E-state index in [1.807, 2.05) is 0 Å². The van der Waals surface area contributed by atoms with Gasteiger partial charge in [-0.1, -0.05) is 12.1 Å². The van der Waals surface area contributed by atoms with Crippen molar-refractivity contribution in [1.29, 1.82) is 0 Å². The molecule has 0 aliphatic heterocycles. The van der Waals surface area contributed by atoms with Gasteiger partial charge in [0.15, 0.2) is 5.58 Å². The second kappa shape index (κ2) is 5.22. The Kier molecular flexibility index (Phi) is 3.36. The van der Waals surface area contributed by atoms with Crippen LogP contribution < -0.4 is 0 Å². The van der Waals surface area contributed by atoms with Crippen molar-refractivity contribution in [2.24, 2.45) is 0 Å². The summed E-state index contributed by atoms with van der Waals surface area (Å²) in [4.78, 5) is 17.1. The van der Waals surface area contributed by atoms with Crippen molar-refractivity contribution in [3.8, 4) is 11.5 Å². The Morgan fingerprint density at radius 2 is 1.77 bits per heavy atom. The Balaban J connectivity index is 2.11. The zero-order valence-corrected chi connectivity index (χ0v) is 11.9. The van der Waals surface area contributed by atoms with Crippen molar-refractivity contribution in [1.82, 2.24) is 9.88 Å². The number of hydrogen-bond donors (Lipinski definition) is 0. The van der Waals surface area contributed by atoms with Gasteiger partial charge in [0.1, 0.15) is 22.7 Å². The fraction of sp³-hybridized carbons (Fsp3) is 0.125. The van der Waals surface area contributed by atoms with Crippen LogP contribution in [0.5, 0.6) is 0 Å². The van der Waals surface area contributed by atoms with Gasteiger partial charge in [-0.2, -0.15) is 0 Å². The number of oxazole rings is 1. The largest absolute Gasteiger partial charge is 0.436 e. The molecule has 6 heteroatoms. The highest BCUT2D eigenvalue weighted by Crippen LogP contribution is 2.27. The van der Waals surface area contributed by atoms with Gasteiger partial charge in [0.25, 0.3) is 5.91 Å². The fourth-order valence-electron chi connectivity index (χ4n) is 2.12. The van der Waals surface area contributed by atoms with E-state index < -0.39 is 23.1 Å². The molecule has 1 aromatic heterocycles. The minimum absolute atomic E-state index is 0.0999. The molecule has 0 aliphatic rings. The van der Waals surface area contributed by atoms with E-state index in [0.29, 0.717) is 11.1 Å². The van der Waals surface area contributed by atoms with Gasteiger partial charge in [-0.05, 0) is 24.3 Å². The number of carbonyl (C=O) groups is 1. The van der Waals surface area contributed by atoms with Crippen LogP contribution in [0.2, 0.25) is 0 Å². The van der Waals surface area contributed by atoms with Gasteiger partial charge in [-0.25, -0.2) is 13.8 Å². The number of aromatic nitrogens is 1. The van der Waals surface area contributed by atoms with Crippen molar-refractivity contribution >= 4 is 17.0 Å². The van der Waals surface area contributed by atoms with Gasteiger partial charge < -0.3 is 9.32 Å². The van der Waals surface area contributed by atoms with Crippen LogP contribution in [-0.4, -0.2) is 29.9 Å². The number of benzene rings is 2. The second-order valence-corrected chi connectivity index (χ2v) is 5.00. The topological polar surface area (TPSA) is 46.3 Å². The smallest absolute Gasteiger partial charge is 0.259 e. The number of hydrogen-bond acceptors (Lipinski definition) is 3. The predicted octanol–water partition coefficient (Wildman–Crippen LogP) is 3.47. The molecule has 112 valence electrons. The molecule has 0 spiro atoms. The quantitative estimate of drug-likeness (QED) is 0.728. The third-order valence-electron chi connectivity index (χ3n) is 3.20. The Bertz CT molecular complexity index is 815. The molecule has 1 heterocycles. The van der Waals surface area contributed by atoms with Crippen molar-refractivity contribution in [2.75, 3.05) is 14.1 Å². The molecule has 0 fully saturated rings. The molecule has 0 bridgehead atoms. The average molecular weight is 302 g/mol. The van der Waals surface area contributed by atoms with Gasteiger partial charge in [-0.15, -0.1) is 0 Å². The van der Waals surface area contributed by atoms with E-state index in [9.17, 15) is 13.6 Å². The molecule has 0 atom stereocenters. The molecular formula is C16H12F2N2O2. The summed E-state index contributed by atoms with van der Waals surface area (Å²) in [6.07, 6.45) is 0. The Morgan fingerprint density at radius 1 is 1.14 bits per heavy atom. The lowest BCUT2D eigenvalue weighted by Gasteiger charge is -2.12. The number of para-hydroxylation sites is 2. The summed E-state index contributed by atoms with van der Waals surface area (Å²) in [6.45, 7) is 0. The van der Waals surface area contributed by atoms with Gasteiger partial charge in [0, 0.05) is 19.7 Å². The molecule has 0 saturated carbocycles. The summed E-state index contributed by atoms with van der Waals surface area (Å²) in [7, 11) is 2.85. The summed E-state index contributed by atoms with van der Waals surface area (Å²) in [5, 5.41) is 0. The van der Waals surface area contributed by atoms with E-state index >= 15 is 0 Å². The molecule has 0 saturated heterocycles. The second-order valence-electron chi connectivity index (χ2n) is 5.00. The number of amides is 1. The van der Waals surface area contributed by atoms with Gasteiger partial charge in [0.2, 0.25) is 5.89 Å². The first-order chi connectivity index (χ1) is 10.5. The van der Waals surface area contributed by atoms with Crippen LogP contribution in [0, 0.1) is 11.6 Å². The van der Waals surface area contributed by atoms with Crippen LogP contribution in [0.3, 0.4) is 0 Å². The average Bonchev–Trinajstić information content (AvgIpc) is 2.90. The number of fused-ring (bicyclic) bond motifs is 1. The Morgan fingerprint density at radius 3 is 2.36 bits per heavy atom. The highest BCUT2D eigenvalue weighted by atomic mass is 19.1. The minimum atomic E-state index is -0.948. The van der Waals surface area contributed by atoms with Crippen LogP contribution in [0.4, 0.5) is 8.78 Å². The first-order valence-corrected chi connectivity index (χ1v) is 6.54. The summed E-state index contributed by atoms with van der Waals surface area (Å²) < 4.78 is 33.7. The molecule has 0 radical (unpaired) electrons. The van der Waals surface area contributed by atoms with E-state index in [0.717, 1.165) is 17.0 Å². The molecule has 3 aromatic rings. The maximum atomic E-state index is 14.1. The third kappa shape index (κ3) is 2.32. The van der Waals surface area contributed by atoms with E-state index in [-0.39, 0.29) is 11.5 Å². The van der Waals surface area contributed by atoms with E-state index in [2.05, 4.69) is 4.98 Å². The summed E-state index contributed by atoms with van der Waals surface area (Å²) in [5.74, 6) is -2.53. The first-order valence-electron chi connectivity index (χ1n) is 6.54. The standard InChI is InChI=1S/C16H12F2N2O2/c1-20(2)16(21)14-10(17)7-9(8-11(14)18)15-19-12-5-3-4-6-13(12)22-15/h3-8H,1-2H3. The van der Waals surface area contributed by atoms with E-state index in [4.69, 9.17) is 4.42 Å². The van der Waals surface area contributed by atoms with E-state index in [1.54, 1.807) is 24.3 Å². The highest BCUT2D eigenvalue weighted by Gasteiger charge is 2.22. The van der Waals surface area contributed by atoms with Crippen LogP contribution in [0.15, 0.2) is 40.8 Å². The molecule has 1 amide bonds. The maximum absolute atomic E-state index is 14.1.